The zero-order chi connectivity index (χ0) is 26.4. The van der Waals surface area contributed by atoms with E-state index >= 15 is 0 Å². The zero-order valence-corrected chi connectivity index (χ0v) is 20.1. The Morgan fingerprint density at radius 1 is 0.912 bits per heavy atom. The van der Waals surface area contributed by atoms with E-state index in [1.54, 1.807) is 0 Å². The molecule has 34 heavy (non-hydrogen) atoms. The van der Waals surface area contributed by atoms with Gasteiger partial charge in [-0.2, -0.15) is 12.6 Å². The lowest BCUT2D eigenvalue weighted by Crippen LogP contribution is -2.57. The van der Waals surface area contributed by atoms with Crippen LogP contribution in [0.2, 0.25) is 0 Å². The summed E-state index contributed by atoms with van der Waals surface area (Å²) in [4.78, 5) is 63.6. The molecule has 0 bridgehead atoms. The third-order valence-electron chi connectivity index (χ3n) is 4.45. The summed E-state index contributed by atoms with van der Waals surface area (Å²) in [5, 5.41) is 24.9. The van der Waals surface area contributed by atoms with Crippen molar-refractivity contribution >= 4 is 48.2 Å². The predicted octanol–water partition coefficient (Wildman–Crippen LogP) is -2.64. The number of nitrogens with zero attached hydrogens (tertiary/aromatic N) is 1. The molecule has 0 aliphatic rings. The maximum Gasteiger partial charge on any atom is 0.326 e. The number of aliphatic imine (C=N–C) groups is 1. The molecular formula is C19H35N7O7S. The van der Waals surface area contributed by atoms with E-state index in [0.29, 0.717) is 12.8 Å². The number of carbonyl (C=O) groups is 5. The number of thiol groups is 1. The summed E-state index contributed by atoms with van der Waals surface area (Å²) in [6.45, 7) is 3.96. The highest BCUT2D eigenvalue weighted by molar-refractivity contribution is 7.80. The molecule has 0 heterocycles. The number of nitrogens with one attached hydrogen (secondary N) is 3. The van der Waals surface area contributed by atoms with Crippen LogP contribution in [0.15, 0.2) is 4.99 Å². The first kappa shape index (κ1) is 30.9. The largest absolute Gasteiger partial charge is 0.481 e. The second-order valence-corrected chi connectivity index (χ2v) is 8.35. The van der Waals surface area contributed by atoms with Crippen LogP contribution in [-0.2, 0) is 24.0 Å². The van der Waals surface area contributed by atoms with Gasteiger partial charge >= 0.3 is 11.9 Å². The second-order valence-electron chi connectivity index (χ2n) is 7.99. The Balaban J connectivity index is 5.37. The van der Waals surface area contributed by atoms with Crippen LogP contribution in [0.1, 0.15) is 39.5 Å². The second kappa shape index (κ2) is 15.7. The Bertz CT molecular complexity index is 759. The summed E-state index contributed by atoms with van der Waals surface area (Å²) in [5.74, 6) is -5.45. The van der Waals surface area contributed by atoms with Gasteiger partial charge in [-0.1, -0.05) is 13.8 Å². The molecule has 0 spiro atoms. The summed E-state index contributed by atoms with van der Waals surface area (Å²) >= 11 is 4.00. The standard InChI is InChI=1S/C19H35N7O7S/c1-9(2)6-10(20)15(29)24-11(4-3-5-23-19(21)22)16(30)26-13(8-34)17(31)25-12(18(32)33)7-14(27)28/h9-13,34H,3-8,20H2,1-2H3,(H,24,29)(H,25,31)(H,26,30)(H,27,28)(H,32,33)(H4,21,22,23). The molecule has 0 saturated heterocycles. The fourth-order valence-corrected chi connectivity index (χ4v) is 3.04. The van der Waals surface area contributed by atoms with Gasteiger partial charge in [0.25, 0.3) is 0 Å². The quantitative estimate of drug-likeness (QED) is 0.0456. The monoisotopic (exact) mass is 505 g/mol. The van der Waals surface area contributed by atoms with Crippen LogP contribution in [0, 0.1) is 5.92 Å². The molecule has 14 nitrogen and oxygen atoms in total. The molecule has 0 aliphatic heterocycles. The first-order valence-corrected chi connectivity index (χ1v) is 11.2. The number of carboxylic acids is 2. The lowest BCUT2D eigenvalue weighted by molar-refractivity contribution is -0.147. The van der Waals surface area contributed by atoms with Gasteiger partial charge in [-0.05, 0) is 25.2 Å². The normalized spacial score (nSPS) is 14.3. The minimum absolute atomic E-state index is 0.112. The van der Waals surface area contributed by atoms with E-state index in [9.17, 15) is 24.0 Å². The van der Waals surface area contributed by atoms with E-state index in [-0.39, 0.29) is 30.6 Å². The van der Waals surface area contributed by atoms with Crippen LogP contribution in [0.25, 0.3) is 0 Å². The van der Waals surface area contributed by atoms with Crippen molar-refractivity contribution in [3.8, 4) is 0 Å². The molecule has 3 amide bonds. The van der Waals surface area contributed by atoms with E-state index < -0.39 is 60.2 Å². The van der Waals surface area contributed by atoms with Crippen molar-refractivity contribution in [2.45, 2.75) is 63.7 Å². The van der Waals surface area contributed by atoms with Crippen LogP contribution in [0.5, 0.6) is 0 Å². The maximum absolute atomic E-state index is 12.8. The van der Waals surface area contributed by atoms with Crippen molar-refractivity contribution in [3.05, 3.63) is 0 Å². The average Bonchev–Trinajstić information content (AvgIpc) is 2.71. The average molecular weight is 506 g/mol. The van der Waals surface area contributed by atoms with Gasteiger partial charge in [-0.25, -0.2) is 4.79 Å². The third-order valence-corrected chi connectivity index (χ3v) is 4.81. The van der Waals surface area contributed by atoms with Gasteiger partial charge in [0, 0.05) is 12.3 Å². The summed E-state index contributed by atoms with van der Waals surface area (Å²) in [5.41, 5.74) is 16.4. The molecule has 11 N–H and O–H groups in total. The van der Waals surface area contributed by atoms with Gasteiger partial charge < -0.3 is 43.4 Å². The fraction of sp³-hybridized carbons (Fsp3) is 0.684. The van der Waals surface area contributed by atoms with E-state index in [4.69, 9.17) is 27.4 Å². The van der Waals surface area contributed by atoms with Crippen LogP contribution < -0.4 is 33.2 Å². The number of carboxylic acid groups (broad SMARTS) is 2. The lowest BCUT2D eigenvalue weighted by Gasteiger charge is -2.24. The van der Waals surface area contributed by atoms with Crippen molar-refractivity contribution in [2.24, 2.45) is 28.1 Å². The van der Waals surface area contributed by atoms with Crippen molar-refractivity contribution in [1.82, 2.24) is 16.0 Å². The molecule has 0 aromatic heterocycles. The Labute approximate surface area is 202 Å². The van der Waals surface area contributed by atoms with Crippen LogP contribution in [0.4, 0.5) is 0 Å². The molecule has 0 radical (unpaired) electrons. The maximum atomic E-state index is 12.8. The van der Waals surface area contributed by atoms with E-state index in [1.165, 1.54) is 0 Å². The topological polar surface area (TPSA) is 252 Å². The molecule has 0 rings (SSSR count). The Kier molecular flexibility index (Phi) is 14.3. The molecule has 15 heteroatoms. The number of nitrogens with two attached hydrogens (primary N) is 3. The van der Waals surface area contributed by atoms with E-state index in [1.807, 2.05) is 13.8 Å². The van der Waals surface area contributed by atoms with E-state index in [0.717, 1.165) is 0 Å². The highest BCUT2D eigenvalue weighted by Gasteiger charge is 2.30. The van der Waals surface area contributed by atoms with Gasteiger partial charge in [-0.15, -0.1) is 0 Å². The summed E-state index contributed by atoms with van der Waals surface area (Å²) in [6.07, 6.45) is -0.0466. The number of aliphatic carboxylic acids is 2. The van der Waals surface area contributed by atoms with Crippen molar-refractivity contribution in [1.29, 1.82) is 0 Å². The minimum Gasteiger partial charge on any atom is -0.481 e. The van der Waals surface area contributed by atoms with Gasteiger partial charge in [0.05, 0.1) is 12.5 Å². The Morgan fingerprint density at radius 3 is 1.91 bits per heavy atom. The van der Waals surface area contributed by atoms with Gasteiger partial charge in [0.15, 0.2) is 5.96 Å². The highest BCUT2D eigenvalue weighted by Crippen LogP contribution is 2.06. The van der Waals surface area contributed by atoms with Crippen molar-refractivity contribution < 1.29 is 34.2 Å². The first-order valence-electron chi connectivity index (χ1n) is 10.6. The number of hydrogen-bond acceptors (Lipinski definition) is 8. The van der Waals surface area contributed by atoms with Crippen LogP contribution in [-0.4, -0.2) is 82.3 Å². The van der Waals surface area contributed by atoms with Gasteiger partial charge in [0.2, 0.25) is 17.7 Å². The van der Waals surface area contributed by atoms with Crippen LogP contribution >= 0.6 is 12.6 Å². The lowest BCUT2D eigenvalue weighted by atomic mass is 10.0. The first-order chi connectivity index (χ1) is 15.8. The van der Waals surface area contributed by atoms with Crippen molar-refractivity contribution in [3.63, 3.8) is 0 Å². The summed E-state index contributed by atoms with van der Waals surface area (Å²) in [6, 6.07) is -4.95. The van der Waals surface area contributed by atoms with Crippen LogP contribution in [0.3, 0.4) is 0 Å². The number of amides is 3. The number of rotatable bonds is 16. The molecule has 0 aliphatic carbocycles. The predicted molar refractivity (Wildman–Crippen MR) is 127 cm³/mol. The molecule has 0 aromatic carbocycles. The number of hydrogen-bond donors (Lipinski definition) is 9. The smallest absolute Gasteiger partial charge is 0.326 e. The SMILES string of the molecule is CC(C)CC(N)C(=O)NC(CCCN=C(N)N)C(=O)NC(CS)C(=O)NC(CC(=O)O)C(=O)O. The molecule has 4 atom stereocenters. The number of carbonyl (C=O) groups excluding carboxylic acids is 3. The third kappa shape index (κ3) is 12.8. The Morgan fingerprint density at radius 2 is 1.44 bits per heavy atom. The molecule has 0 saturated carbocycles. The van der Waals surface area contributed by atoms with E-state index in [2.05, 4.69) is 33.6 Å². The molecule has 0 aromatic rings. The molecule has 194 valence electrons. The van der Waals surface area contributed by atoms with Crippen molar-refractivity contribution in [2.75, 3.05) is 12.3 Å². The highest BCUT2D eigenvalue weighted by atomic mass is 32.1. The number of guanidine groups is 1. The van der Waals surface area contributed by atoms with Gasteiger partial charge in [0.1, 0.15) is 18.1 Å². The summed E-state index contributed by atoms with van der Waals surface area (Å²) in [7, 11) is 0. The summed E-state index contributed by atoms with van der Waals surface area (Å²) < 4.78 is 0. The zero-order valence-electron chi connectivity index (χ0n) is 19.2. The molecule has 0 fully saturated rings. The minimum atomic E-state index is -1.70. The molecule has 4 unspecified atom stereocenters. The Hall–Kier alpha value is -3.07. The fourth-order valence-electron chi connectivity index (χ4n) is 2.78. The molecular weight excluding hydrogens is 470 g/mol. The van der Waals surface area contributed by atoms with Gasteiger partial charge in [-0.3, -0.25) is 24.2 Å².